The van der Waals surface area contributed by atoms with Crippen LogP contribution in [0.1, 0.15) is 11.3 Å². The summed E-state index contributed by atoms with van der Waals surface area (Å²) in [5, 5.41) is 12.7. The van der Waals surface area contributed by atoms with Gasteiger partial charge in [0.25, 0.3) is 0 Å². The van der Waals surface area contributed by atoms with Crippen LogP contribution >= 0.6 is 23.1 Å². The van der Waals surface area contributed by atoms with Gasteiger partial charge in [-0.05, 0) is 25.1 Å². The Hall–Kier alpha value is -3.10. The minimum absolute atomic E-state index is 0.643. The zero-order valence-corrected chi connectivity index (χ0v) is 19.9. The van der Waals surface area contributed by atoms with Crippen LogP contribution in [0.4, 0.5) is 0 Å². The highest BCUT2D eigenvalue weighted by Crippen LogP contribution is 2.36. The molecular weight excluding hydrogens is 440 g/mol. The molecule has 164 valence electrons. The number of aryl methyl sites for hydroxylation is 1. The summed E-state index contributed by atoms with van der Waals surface area (Å²) in [5.74, 6) is 3.03. The van der Waals surface area contributed by atoms with Crippen molar-refractivity contribution in [3.8, 4) is 33.5 Å². The van der Waals surface area contributed by atoms with Crippen LogP contribution in [0.15, 0.2) is 65.7 Å². The highest BCUT2D eigenvalue weighted by molar-refractivity contribution is 7.98. The van der Waals surface area contributed by atoms with Gasteiger partial charge in [0.1, 0.15) is 16.5 Å². The molecule has 0 unspecified atom stereocenters. The van der Waals surface area contributed by atoms with E-state index >= 15 is 0 Å². The van der Waals surface area contributed by atoms with Gasteiger partial charge in [-0.25, -0.2) is 4.98 Å². The molecule has 0 saturated heterocycles. The van der Waals surface area contributed by atoms with Crippen molar-refractivity contribution in [3.05, 3.63) is 71.8 Å². The Morgan fingerprint density at radius 1 is 1.12 bits per heavy atom. The molecule has 0 bridgehead atoms. The van der Waals surface area contributed by atoms with E-state index in [0.717, 1.165) is 44.3 Å². The van der Waals surface area contributed by atoms with E-state index in [0.29, 0.717) is 12.3 Å². The molecule has 8 heteroatoms. The van der Waals surface area contributed by atoms with E-state index in [4.69, 9.17) is 14.5 Å². The van der Waals surface area contributed by atoms with E-state index in [1.165, 1.54) is 5.56 Å². The number of thioether (sulfide) groups is 1. The highest BCUT2D eigenvalue weighted by atomic mass is 32.2. The number of aromatic nitrogens is 4. The average molecular weight is 465 g/mol. The van der Waals surface area contributed by atoms with E-state index in [2.05, 4.69) is 51.8 Å². The highest BCUT2D eigenvalue weighted by Gasteiger charge is 2.16. The van der Waals surface area contributed by atoms with Crippen molar-refractivity contribution < 1.29 is 9.47 Å². The molecule has 0 amide bonds. The van der Waals surface area contributed by atoms with Gasteiger partial charge >= 0.3 is 0 Å². The number of allylic oxidation sites excluding steroid dienone is 1. The number of rotatable bonds is 9. The first-order valence-electron chi connectivity index (χ1n) is 10.0. The van der Waals surface area contributed by atoms with E-state index in [1.54, 1.807) is 37.3 Å². The quantitative estimate of drug-likeness (QED) is 0.228. The van der Waals surface area contributed by atoms with E-state index in [-0.39, 0.29) is 0 Å². The van der Waals surface area contributed by atoms with Crippen molar-refractivity contribution >= 4 is 23.1 Å². The Morgan fingerprint density at radius 2 is 2.00 bits per heavy atom. The van der Waals surface area contributed by atoms with Gasteiger partial charge in [-0.2, -0.15) is 0 Å². The molecule has 4 aromatic rings. The van der Waals surface area contributed by atoms with Gasteiger partial charge in [-0.3, -0.25) is 4.57 Å². The van der Waals surface area contributed by atoms with E-state index < -0.39 is 0 Å². The molecule has 0 aliphatic carbocycles. The maximum absolute atomic E-state index is 5.53. The predicted octanol–water partition coefficient (Wildman–Crippen LogP) is 5.87. The van der Waals surface area contributed by atoms with Crippen LogP contribution in [-0.4, -0.2) is 34.0 Å². The van der Waals surface area contributed by atoms with Crippen LogP contribution in [0.25, 0.3) is 22.0 Å². The molecule has 0 N–H and O–H groups in total. The van der Waals surface area contributed by atoms with Gasteiger partial charge in [0.05, 0.1) is 25.5 Å². The lowest BCUT2D eigenvalue weighted by Crippen LogP contribution is -2.01. The van der Waals surface area contributed by atoms with Crippen molar-refractivity contribution in [1.82, 2.24) is 19.7 Å². The van der Waals surface area contributed by atoms with Crippen molar-refractivity contribution in [2.45, 2.75) is 24.4 Å². The standard InChI is InChI=1S/C24H24N4O2S2/c1-5-11-28-22(17-8-6-7-16(2)12-17)26-27-24(28)32-15-18-14-31-23(25-18)20-10-9-19(29-3)13-21(20)30-4/h5-10,12-14H,1,11,15H2,2-4H3. The summed E-state index contributed by atoms with van der Waals surface area (Å²) in [6.07, 6.45) is 1.86. The molecule has 0 radical (unpaired) electrons. The van der Waals surface area contributed by atoms with Gasteiger partial charge in [0.2, 0.25) is 0 Å². The number of ether oxygens (including phenoxy) is 2. The molecule has 2 heterocycles. The molecule has 0 spiro atoms. The van der Waals surface area contributed by atoms with Crippen molar-refractivity contribution in [2.75, 3.05) is 14.2 Å². The molecule has 0 aliphatic rings. The fourth-order valence-corrected chi connectivity index (χ4v) is 5.09. The Labute approximate surface area is 196 Å². The van der Waals surface area contributed by atoms with Crippen LogP contribution in [-0.2, 0) is 12.3 Å². The molecule has 32 heavy (non-hydrogen) atoms. The molecule has 4 rings (SSSR count). The number of benzene rings is 2. The summed E-state index contributed by atoms with van der Waals surface area (Å²) in [5.41, 5.74) is 4.17. The first-order chi connectivity index (χ1) is 15.6. The second-order valence-corrected chi connectivity index (χ2v) is 8.87. The second kappa shape index (κ2) is 10.0. The van der Waals surface area contributed by atoms with Crippen LogP contribution in [0.2, 0.25) is 0 Å². The first kappa shape index (κ1) is 22.1. The summed E-state index contributed by atoms with van der Waals surface area (Å²) < 4.78 is 12.9. The molecule has 0 atom stereocenters. The summed E-state index contributed by atoms with van der Waals surface area (Å²) in [6.45, 7) is 6.61. The van der Waals surface area contributed by atoms with Crippen LogP contribution in [0, 0.1) is 6.92 Å². The monoisotopic (exact) mass is 464 g/mol. The molecule has 2 aromatic heterocycles. The Morgan fingerprint density at radius 3 is 2.75 bits per heavy atom. The fourth-order valence-electron chi connectivity index (χ4n) is 3.30. The third kappa shape index (κ3) is 4.71. The number of hydrogen-bond donors (Lipinski definition) is 0. The van der Waals surface area contributed by atoms with Crippen molar-refractivity contribution in [1.29, 1.82) is 0 Å². The van der Waals surface area contributed by atoms with Crippen molar-refractivity contribution in [3.63, 3.8) is 0 Å². The SMILES string of the molecule is C=CCn1c(SCc2csc(-c3ccc(OC)cc3OC)n2)nnc1-c1cccc(C)c1. The van der Waals surface area contributed by atoms with Gasteiger partial charge in [0, 0.05) is 29.3 Å². The topological polar surface area (TPSA) is 62.1 Å². The minimum atomic E-state index is 0.643. The maximum Gasteiger partial charge on any atom is 0.192 e. The summed E-state index contributed by atoms with van der Waals surface area (Å²) in [6, 6.07) is 14.0. The molecule has 0 saturated carbocycles. The third-order valence-corrected chi connectivity index (χ3v) is 6.77. The second-order valence-electron chi connectivity index (χ2n) is 7.07. The number of hydrogen-bond acceptors (Lipinski definition) is 7. The zero-order valence-electron chi connectivity index (χ0n) is 18.2. The van der Waals surface area contributed by atoms with Crippen LogP contribution < -0.4 is 9.47 Å². The lowest BCUT2D eigenvalue weighted by Gasteiger charge is -2.08. The van der Waals surface area contributed by atoms with Crippen LogP contribution in [0.5, 0.6) is 11.5 Å². The molecule has 6 nitrogen and oxygen atoms in total. The molecular formula is C24H24N4O2S2. The van der Waals surface area contributed by atoms with E-state index in [1.807, 2.05) is 30.3 Å². The maximum atomic E-state index is 5.53. The van der Waals surface area contributed by atoms with Crippen LogP contribution in [0.3, 0.4) is 0 Å². The lowest BCUT2D eigenvalue weighted by atomic mass is 10.1. The smallest absolute Gasteiger partial charge is 0.192 e. The largest absolute Gasteiger partial charge is 0.497 e. The summed E-state index contributed by atoms with van der Waals surface area (Å²) in [7, 11) is 3.30. The lowest BCUT2D eigenvalue weighted by molar-refractivity contribution is 0.395. The number of methoxy groups -OCH3 is 2. The molecule has 0 aliphatic heterocycles. The van der Waals surface area contributed by atoms with Gasteiger partial charge in [-0.15, -0.1) is 28.1 Å². The first-order valence-corrected chi connectivity index (χ1v) is 11.9. The Bertz CT molecular complexity index is 1230. The number of thiazole rings is 1. The predicted molar refractivity (Wildman–Crippen MR) is 131 cm³/mol. The minimum Gasteiger partial charge on any atom is -0.497 e. The summed E-state index contributed by atoms with van der Waals surface area (Å²) in [4.78, 5) is 4.81. The fraction of sp³-hybridized carbons (Fsp3) is 0.208. The van der Waals surface area contributed by atoms with Crippen molar-refractivity contribution in [2.24, 2.45) is 0 Å². The number of nitrogens with zero attached hydrogens (tertiary/aromatic N) is 4. The average Bonchev–Trinajstić information content (AvgIpc) is 3.44. The Kier molecular flexibility index (Phi) is 6.92. The Balaban J connectivity index is 1.54. The van der Waals surface area contributed by atoms with Gasteiger partial charge < -0.3 is 9.47 Å². The third-order valence-electron chi connectivity index (χ3n) is 4.84. The zero-order chi connectivity index (χ0) is 22.5. The van der Waals surface area contributed by atoms with Gasteiger partial charge in [0.15, 0.2) is 11.0 Å². The van der Waals surface area contributed by atoms with E-state index in [9.17, 15) is 0 Å². The molecule has 0 fully saturated rings. The molecule has 2 aromatic carbocycles. The normalized spacial score (nSPS) is 10.8. The van der Waals surface area contributed by atoms with Gasteiger partial charge in [-0.1, -0.05) is 41.6 Å². The summed E-state index contributed by atoms with van der Waals surface area (Å²) >= 11 is 3.21.